The van der Waals surface area contributed by atoms with E-state index in [1.54, 1.807) is 44.2 Å². The number of ketones is 4. The first-order valence-corrected chi connectivity index (χ1v) is 61.8. The van der Waals surface area contributed by atoms with Crippen molar-refractivity contribution in [2.24, 2.45) is 29.2 Å². The van der Waals surface area contributed by atoms with Crippen molar-refractivity contribution >= 4 is 252 Å². The van der Waals surface area contributed by atoms with Crippen LogP contribution in [0.4, 0.5) is 5.13 Å². The molecule has 4 atom stereocenters. The summed E-state index contributed by atoms with van der Waals surface area (Å²) in [6, 6.07) is 21.1. The average molecular weight is 2590 g/mol. The Bertz CT molecular complexity index is 5880. The molecular weight excluding hydrogens is 2450 g/mol. The van der Waals surface area contributed by atoms with Crippen LogP contribution in [0.15, 0.2) is 115 Å². The molecule has 6 aromatic rings. The zero-order valence-electron chi connectivity index (χ0n) is 85.1. The highest BCUT2D eigenvalue weighted by atomic mass is 79.9. The molecule has 3 saturated carbocycles. The van der Waals surface area contributed by atoms with Gasteiger partial charge in [-0.3, -0.25) is 43.2 Å². The Kier molecular flexibility index (Phi) is 68.9. The van der Waals surface area contributed by atoms with Crippen molar-refractivity contribution in [1.82, 2.24) is 45.1 Å². The van der Waals surface area contributed by atoms with Gasteiger partial charge in [-0.05, 0) is 256 Å². The topological polar surface area (TPSA) is 545 Å². The van der Waals surface area contributed by atoms with Crippen LogP contribution in [0, 0.1) is 24.7 Å². The van der Waals surface area contributed by atoms with Gasteiger partial charge in [0.1, 0.15) is 84.0 Å². The lowest BCUT2D eigenvalue weighted by Crippen LogP contribution is -3.00. The number of carbonyl (C=O) groups excluding carboxylic acids is 9. The molecular formula is C96H139Br4Cl6N12O23S7-. The van der Waals surface area contributed by atoms with Crippen LogP contribution in [-0.2, 0) is 126 Å². The van der Waals surface area contributed by atoms with Gasteiger partial charge in [-0.25, -0.2) is 66.0 Å². The smallest absolute Gasteiger partial charge is 0.323 e. The quantitative estimate of drug-likeness (QED) is 0.00422. The van der Waals surface area contributed by atoms with E-state index in [4.69, 9.17) is 99.5 Å². The van der Waals surface area contributed by atoms with Crippen LogP contribution >= 0.6 is 140 Å². The van der Waals surface area contributed by atoms with Crippen LogP contribution in [0.2, 0.25) is 25.1 Å². The Hall–Kier alpha value is -5.30. The summed E-state index contributed by atoms with van der Waals surface area (Å²) in [7, 11) is -14.0. The Labute approximate surface area is 946 Å². The predicted octanol–water partition coefficient (Wildman–Crippen LogP) is 13.1. The number of aryl methyl sites for hydroxylation is 1. The van der Waals surface area contributed by atoms with Gasteiger partial charge in [0.25, 0.3) is 9.05 Å². The second kappa shape index (κ2) is 72.5. The number of esters is 3. The van der Waals surface area contributed by atoms with Crippen molar-refractivity contribution in [1.29, 1.82) is 0 Å². The summed E-state index contributed by atoms with van der Waals surface area (Å²) < 4.78 is 150. The highest BCUT2D eigenvalue weighted by molar-refractivity contribution is 9.09. The number of Topliss-reactive ketones (excluding diaryl/α,β-unsaturated/α-hetero) is 4. The number of rotatable bonds is 46. The summed E-state index contributed by atoms with van der Waals surface area (Å²) in [6.07, 6.45) is 14.1. The van der Waals surface area contributed by atoms with E-state index in [0.29, 0.717) is 63.2 Å². The van der Waals surface area contributed by atoms with Crippen molar-refractivity contribution in [3.05, 3.63) is 144 Å². The number of aromatic nitrogens is 1. The summed E-state index contributed by atoms with van der Waals surface area (Å²) >= 11 is 45.1. The van der Waals surface area contributed by atoms with Crippen LogP contribution in [0.1, 0.15) is 219 Å². The van der Waals surface area contributed by atoms with E-state index in [0.717, 1.165) is 93.8 Å². The zero-order chi connectivity index (χ0) is 111. The number of nitrogens with zero attached hydrogens (tertiary/aromatic N) is 1. The van der Waals surface area contributed by atoms with Gasteiger partial charge in [-0.15, -0.1) is 0 Å². The third kappa shape index (κ3) is 56.4. The monoisotopic (exact) mass is 2580 g/mol. The van der Waals surface area contributed by atoms with Crippen molar-refractivity contribution in [3.63, 3.8) is 0 Å². The van der Waals surface area contributed by atoms with Crippen LogP contribution in [0.5, 0.6) is 0 Å². The largest absolute Gasteiger partial charge is 1.00 e. The lowest BCUT2D eigenvalue weighted by Gasteiger charge is -2.22. The fourth-order valence-electron chi connectivity index (χ4n) is 14.2. The van der Waals surface area contributed by atoms with Crippen LogP contribution < -0.4 is 73.9 Å². The second-order valence-corrected chi connectivity index (χ2v) is 50.8. The van der Waals surface area contributed by atoms with E-state index in [2.05, 4.69) is 110 Å². The maximum absolute atomic E-state index is 13.1. The minimum atomic E-state index is -3.93. The van der Waals surface area contributed by atoms with E-state index in [1.165, 1.54) is 114 Å². The number of alkyl halides is 3. The normalized spacial score (nSPS) is 14.0. The van der Waals surface area contributed by atoms with Gasteiger partial charge in [0.05, 0.1) is 40.5 Å². The molecule has 0 radical (unpaired) electrons. The van der Waals surface area contributed by atoms with Crippen molar-refractivity contribution in [3.8, 4) is 10.4 Å². The Morgan fingerprint density at radius 1 is 0.473 bits per heavy atom. The van der Waals surface area contributed by atoms with Crippen molar-refractivity contribution < 1.29 is 122 Å². The Morgan fingerprint density at radius 3 is 1.05 bits per heavy atom. The lowest BCUT2D eigenvalue weighted by atomic mass is 10.0. The van der Waals surface area contributed by atoms with Gasteiger partial charge in [0, 0.05) is 113 Å². The molecule has 35 nitrogen and oxygen atoms in total. The third-order valence-electron chi connectivity index (χ3n) is 20.6. The molecule has 2 amide bonds. The molecule has 9 rings (SSSR count). The number of aliphatic hydroxyl groups excluding tert-OH is 1. The zero-order valence-corrected chi connectivity index (χ0v) is 102. The van der Waals surface area contributed by atoms with Crippen LogP contribution in [0.3, 0.4) is 0 Å². The van der Waals surface area contributed by atoms with E-state index >= 15 is 0 Å². The number of hydrogen-bond acceptors (Lipinski definition) is 30. The molecule has 0 bridgehead atoms. The van der Waals surface area contributed by atoms with Crippen LogP contribution in [0.25, 0.3) is 10.4 Å². The number of thiazole rings is 1. The third-order valence-corrected chi connectivity index (χ3v) is 33.4. The SMILES string of the molecule is CC(=O)C(Br)c1ccc(Cl)c(S(=O)(=O)NCCN[C@@H](CC(C)C)C(=O)OC2CCCC2)c1.CC(=O)Cc1ccc(Cl)c(S(=O)(=O)Cl)c1.CC(=O)Cc1ccc(Cl)c(S(=O)(=O)NCCBr)c1.CC(=O)Cc1ccc(Cl)c(S(=O)(=O)NCCN[C@@H](CC(C)C)C(=O)OC2CCCC2)c1.CC(=O)NC(N)=S.CC(=O)Nc1nc(C)c(-c2ccc(Cl)c(S(=O)(=O)NCCN[C@@H](CC(C)C)C(=O)OC3CCCC3)c2)s1.CCO.NCCBr.[Br-]. The maximum Gasteiger partial charge on any atom is 0.323 e. The van der Waals surface area contributed by atoms with E-state index < -0.39 is 72.1 Å². The Morgan fingerprint density at radius 2 is 0.770 bits per heavy atom. The summed E-state index contributed by atoms with van der Waals surface area (Å²) in [5, 5.41) is 24.1. The first-order valence-electron chi connectivity index (χ1n) is 47.3. The first-order chi connectivity index (χ1) is 68.7. The second-order valence-electron chi connectivity index (χ2n) is 35.3. The number of amides is 2. The summed E-state index contributed by atoms with van der Waals surface area (Å²) in [5.41, 5.74) is 13.5. The Balaban J connectivity index is 0.000000916. The van der Waals surface area contributed by atoms with Gasteiger partial charge in [0.2, 0.25) is 51.9 Å². The minimum absolute atomic E-state index is 0. The van der Waals surface area contributed by atoms with E-state index in [9.17, 15) is 85.2 Å². The molecule has 0 saturated heterocycles. The number of nitrogens with one attached hydrogen (secondary N) is 9. The molecule has 1 heterocycles. The van der Waals surface area contributed by atoms with Crippen LogP contribution in [-0.4, -0.2) is 216 Å². The van der Waals surface area contributed by atoms with Gasteiger partial charge in [-0.2, -0.15) is 0 Å². The maximum atomic E-state index is 13.1. The average Bonchev–Trinajstić information content (AvgIpc) is 1.49. The molecule has 1 unspecified atom stereocenters. The van der Waals surface area contributed by atoms with Gasteiger partial charge >= 0.3 is 17.9 Å². The number of benzene rings is 5. The fourth-order valence-corrected chi connectivity index (χ4v) is 23.9. The molecule has 0 aliphatic heterocycles. The highest BCUT2D eigenvalue weighted by Crippen LogP contribution is 2.38. The number of halogens is 10. The summed E-state index contributed by atoms with van der Waals surface area (Å²) in [6.45, 7) is 26.3. The number of aliphatic hydroxyl groups is 1. The van der Waals surface area contributed by atoms with Gasteiger partial charge in [-0.1, -0.05) is 189 Å². The number of ether oxygens (including phenoxy) is 3. The number of nitrogens with two attached hydrogens (primary N) is 2. The minimum Gasteiger partial charge on any atom is -1.00 e. The molecule has 52 heteroatoms. The molecule has 14 N–H and O–H groups in total. The molecule has 3 fully saturated rings. The fraction of sp³-hybridized carbons (Fsp3) is 0.552. The number of carbonyl (C=O) groups is 9. The number of anilines is 1. The van der Waals surface area contributed by atoms with Crippen molar-refractivity contribution in [2.45, 2.75) is 278 Å². The molecule has 148 heavy (non-hydrogen) atoms. The van der Waals surface area contributed by atoms with Gasteiger partial charge in [0.15, 0.2) is 10.2 Å². The summed E-state index contributed by atoms with van der Waals surface area (Å²) in [5.74, 6) is -0.770. The lowest BCUT2D eigenvalue weighted by molar-refractivity contribution is -0.152. The van der Waals surface area contributed by atoms with Gasteiger partial charge < -0.3 is 74.3 Å². The molecule has 1 aromatic heterocycles. The molecule has 0 spiro atoms. The predicted molar refractivity (Wildman–Crippen MR) is 595 cm³/mol. The first kappa shape index (κ1) is 141. The molecule has 5 aromatic carbocycles. The van der Waals surface area contributed by atoms with E-state index in [-0.39, 0.29) is 232 Å². The number of sulfonamides is 4. The highest BCUT2D eigenvalue weighted by Gasteiger charge is 2.33. The standard InChI is InChI=1S/C25H35ClN4O5S2.C22H32BrClN2O5S.C22H33ClN2O5S.C11H13BrClNO3S.C9H8Cl2O3S.C3H6N2OS.C2H6BrN.C2H6O.BrH/c1-15(2)13-21(24(32)35-19-7-5-6-8-19)27-11-12-28-37(33,34)22-14-18(9-10-20(22)26)23-16(3)29-25(36-23)30-17(4)31;1-14(2)12-19(22(28)31-17-6-4-5-7-17)25-10-11-26-32(29,30)20-13-16(8-9-18(20)24)21(23)15(3)27;1-15(2)12-20(22(27)30-18-6-4-5-7-18)24-10-11-25-31(28,29)21-14-17(13-16(3)26)8-9-19(21)23;1-8(15)6-9-2-3-10(13)11(7-9)18(16,17)14-5-4-12;1-6(12)4-7-2-3-8(10)9(5-7)15(11,13)14;1-2(6)5-3(4)7;3-1-2-4;1-2-3;/h9-10,14-15,19,21,27-28H,5-8,11-13H2,1-4H3,(H,29,30,31);8-9,13-14,17,19,21,25-26H,4-7,10-12H2,1-3H3;8-9,14-15,18,20,24-25H,4-7,10-13H2,1-3H3;2-3,7,14H,4-6H2,1H3;2-3,5H,4H2,1H3;1H3,(H3,4,5,6,7);1-2,4H2;3H,2H2,1H3;1H/p-1/t21-;19-,21?;20-;;;;;;/m000....../s1. The summed E-state index contributed by atoms with van der Waals surface area (Å²) in [4.78, 5) is 108. The molecule has 3 aliphatic rings. The number of hydrogen-bond donors (Lipinski definition) is 12. The molecule has 3 aliphatic carbocycles. The van der Waals surface area contributed by atoms with Crippen molar-refractivity contribution in [2.75, 3.05) is 74.9 Å². The van der Waals surface area contributed by atoms with E-state index in [1.807, 2.05) is 41.5 Å². The molecule has 834 valence electrons. The number of thiocarbonyl (C=S) groups is 1.